The van der Waals surface area contributed by atoms with Crippen LogP contribution in [0.4, 0.5) is 0 Å². The minimum absolute atomic E-state index is 0. The van der Waals surface area contributed by atoms with Crippen LogP contribution in [0, 0.1) is 6.92 Å². The number of nitrogens with zero attached hydrogens (tertiary/aromatic N) is 3. The number of hydrogen-bond donors (Lipinski definition) is 0. The van der Waals surface area contributed by atoms with Gasteiger partial charge in [-0.3, -0.25) is 4.79 Å². The van der Waals surface area contributed by atoms with Gasteiger partial charge in [-0.05, 0) is 32.9 Å². The number of amides is 1. The molecule has 1 aromatic carbocycles. The second kappa shape index (κ2) is 8.19. The van der Waals surface area contributed by atoms with Crippen molar-refractivity contribution in [2.75, 3.05) is 7.05 Å². The summed E-state index contributed by atoms with van der Waals surface area (Å²) in [7, 11) is -6.84. The molecule has 2 saturated heterocycles. The molecule has 0 spiro atoms. The third kappa shape index (κ3) is 3.63. The van der Waals surface area contributed by atoms with Crippen molar-refractivity contribution < 1.29 is 61.1 Å². The van der Waals surface area contributed by atoms with Crippen molar-refractivity contribution in [3.05, 3.63) is 29.8 Å². The molecule has 10 nitrogen and oxygen atoms in total. The summed E-state index contributed by atoms with van der Waals surface area (Å²) in [5.74, 6) is -2.56. The Labute approximate surface area is 201 Å². The molecular formula is C16H18N3NaO7S3. The molecule has 1 amide bonds. The van der Waals surface area contributed by atoms with E-state index in [4.69, 9.17) is 0 Å². The smallest absolute Gasteiger partial charge is 0.548 e. The number of aryl methyl sites for hydroxylation is 1. The Morgan fingerprint density at radius 1 is 1.27 bits per heavy atom. The van der Waals surface area contributed by atoms with Gasteiger partial charge in [-0.2, -0.15) is 4.40 Å². The van der Waals surface area contributed by atoms with E-state index in [9.17, 15) is 31.5 Å². The fraction of sp³-hybridized carbons (Fsp3) is 0.438. The minimum atomic E-state index is -4.11. The van der Waals surface area contributed by atoms with E-state index in [-0.39, 0.29) is 34.5 Å². The van der Waals surface area contributed by atoms with Gasteiger partial charge in [0.2, 0.25) is 0 Å². The zero-order valence-corrected chi connectivity index (χ0v) is 21.3. The van der Waals surface area contributed by atoms with Gasteiger partial charge in [-0.15, -0.1) is 3.71 Å². The molecule has 2 atom stereocenters. The van der Waals surface area contributed by atoms with E-state index >= 15 is 0 Å². The molecule has 0 N–H and O–H groups in total. The monoisotopic (exact) mass is 483 g/mol. The first-order chi connectivity index (χ1) is 13.2. The molecule has 2 fully saturated rings. The fourth-order valence-corrected chi connectivity index (χ4v) is 7.22. The van der Waals surface area contributed by atoms with Crippen LogP contribution < -0.4 is 34.7 Å². The molecule has 0 bridgehead atoms. The van der Waals surface area contributed by atoms with Crippen LogP contribution in [0.25, 0.3) is 0 Å². The molecule has 2 aliphatic rings. The van der Waals surface area contributed by atoms with Gasteiger partial charge in [0.1, 0.15) is 0 Å². The van der Waals surface area contributed by atoms with Gasteiger partial charge >= 0.3 is 29.6 Å². The maximum atomic E-state index is 12.7. The number of β-lactam (4-membered cyclic amide) rings is 1. The Morgan fingerprint density at radius 3 is 2.30 bits per heavy atom. The van der Waals surface area contributed by atoms with Crippen molar-refractivity contribution >= 4 is 49.6 Å². The molecule has 1 aromatic rings. The third-order valence-corrected chi connectivity index (χ3v) is 10.6. The first kappa shape index (κ1) is 25.3. The number of benzene rings is 1. The van der Waals surface area contributed by atoms with Gasteiger partial charge in [-0.25, -0.2) is 16.8 Å². The SMILES string of the molecule is Cc1ccc(S(=O)(=O)N(C)SN=C2C(=O)N3[C@@H](C(=O)[O-])C(C)(C)S(=O)(=O)[C@H]23)cc1.[Na+]. The van der Waals surface area contributed by atoms with E-state index in [0.717, 1.165) is 9.27 Å². The summed E-state index contributed by atoms with van der Waals surface area (Å²) in [6.45, 7) is 4.21. The van der Waals surface area contributed by atoms with Crippen LogP contribution in [0.15, 0.2) is 33.6 Å². The van der Waals surface area contributed by atoms with E-state index in [2.05, 4.69) is 4.40 Å². The summed E-state index contributed by atoms with van der Waals surface area (Å²) in [5, 5.41) is 9.88. The second-order valence-corrected chi connectivity index (χ2v) is 12.9. The maximum absolute atomic E-state index is 12.7. The Balaban J connectivity index is 0.00000320. The van der Waals surface area contributed by atoms with Crippen LogP contribution in [0.2, 0.25) is 0 Å². The summed E-state index contributed by atoms with van der Waals surface area (Å²) >= 11 is 0.388. The van der Waals surface area contributed by atoms with Crippen LogP contribution in [-0.4, -0.2) is 66.2 Å². The van der Waals surface area contributed by atoms with Crippen LogP contribution in [0.1, 0.15) is 19.4 Å². The van der Waals surface area contributed by atoms with Crippen molar-refractivity contribution in [1.82, 2.24) is 8.61 Å². The summed E-state index contributed by atoms with van der Waals surface area (Å²) in [5.41, 5.74) is 0.453. The van der Waals surface area contributed by atoms with E-state index in [1.165, 1.54) is 33.0 Å². The number of carboxylic acid groups (broad SMARTS) is 1. The second-order valence-electron chi connectivity index (χ2n) is 7.22. The Morgan fingerprint density at radius 2 is 1.80 bits per heavy atom. The molecule has 0 aromatic heterocycles. The van der Waals surface area contributed by atoms with E-state index < -0.39 is 53.6 Å². The van der Waals surface area contributed by atoms with Crippen molar-refractivity contribution in [3.8, 4) is 0 Å². The van der Waals surface area contributed by atoms with Gasteiger partial charge < -0.3 is 14.8 Å². The number of carboxylic acids is 1. The number of sulfone groups is 1. The number of aliphatic carboxylic acids is 1. The third-order valence-electron chi connectivity index (χ3n) is 5.04. The fourth-order valence-electron chi connectivity index (χ4n) is 3.22. The molecule has 0 saturated carbocycles. The average molecular weight is 484 g/mol. The first-order valence-corrected chi connectivity index (χ1v) is 12.0. The molecular weight excluding hydrogens is 465 g/mol. The summed E-state index contributed by atoms with van der Waals surface area (Å²) in [6.07, 6.45) is 0. The van der Waals surface area contributed by atoms with Crippen LogP contribution in [0.5, 0.6) is 0 Å². The predicted octanol–water partition coefficient (Wildman–Crippen LogP) is -3.88. The average Bonchev–Trinajstić information content (AvgIpc) is 2.76. The predicted molar refractivity (Wildman–Crippen MR) is 104 cm³/mol. The van der Waals surface area contributed by atoms with E-state index in [1.54, 1.807) is 19.1 Å². The van der Waals surface area contributed by atoms with Crippen LogP contribution >= 0.6 is 12.1 Å². The number of carbonyl (C=O) groups excluding carboxylic acids is 2. The van der Waals surface area contributed by atoms with Crippen LogP contribution in [-0.2, 0) is 29.4 Å². The zero-order valence-electron chi connectivity index (χ0n) is 16.9. The summed E-state index contributed by atoms with van der Waals surface area (Å²) in [4.78, 5) is 24.5. The van der Waals surface area contributed by atoms with Crippen molar-refractivity contribution in [1.29, 1.82) is 0 Å². The molecule has 3 rings (SSSR count). The maximum Gasteiger partial charge on any atom is 1.00 e. The largest absolute Gasteiger partial charge is 1.00 e. The molecule has 2 aliphatic heterocycles. The van der Waals surface area contributed by atoms with Gasteiger partial charge in [0.05, 0.1) is 33.8 Å². The number of rotatable bonds is 5. The summed E-state index contributed by atoms with van der Waals surface area (Å²) < 4.78 is 53.5. The van der Waals surface area contributed by atoms with Gasteiger partial charge in [-0.1, -0.05) is 17.7 Å². The van der Waals surface area contributed by atoms with E-state index in [0.29, 0.717) is 17.0 Å². The quantitative estimate of drug-likeness (QED) is 0.235. The van der Waals surface area contributed by atoms with Crippen LogP contribution in [0.3, 0.4) is 0 Å². The van der Waals surface area contributed by atoms with Crippen molar-refractivity contribution in [2.24, 2.45) is 4.40 Å². The van der Waals surface area contributed by atoms with E-state index in [1.807, 2.05) is 0 Å². The number of hydrogen-bond acceptors (Lipinski definition) is 9. The van der Waals surface area contributed by atoms with Gasteiger partial charge in [0.15, 0.2) is 20.9 Å². The standard InChI is InChI=1S/C16H19N3O7S3.Na/c1-9-5-7-10(8-6-9)29(25,26)18(4)27-17-11-13(20)19-12(15(21)22)16(2,3)28(23,24)14(11)19;/h5-8,12,14H,1-4H3,(H,21,22);/q;+1/p-1/t12-,14+;/m0./s1. The summed E-state index contributed by atoms with van der Waals surface area (Å²) in [6, 6.07) is 4.43. The zero-order chi connectivity index (χ0) is 21.9. The Hall–Kier alpha value is -0.960. The molecule has 14 heteroatoms. The Bertz CT molecular complexity index is 1130. The van der Waals surface area contributed by atoms with Crippen molar-refractivity contribution in [3.63, 3.8) is 0 Å². The molecule has 0 radical (unpaired) electrons. The number of carbonyl (C=O) groups is 2. The first-order valence-electron chi connectivity index (χ1n) is 8.32. The van der Waals surface area contributed by atoms with Gasteiger partial charge in [0, 0.05) is 7.05 Å². The molecule has 158 valence electrons. The van der Waals surface area contributed by atoms with Crippen molar-refractivity contribution in [2.45, 2.75) is 41.8 Å². The molecule has 2 heterocycles. The molecule has 0 aliphatic carbocycles. The molecule has 30 heavy (non-hydrogen) atoms. The normalized spacial score (nSPS) is 25.6. The molecule has 0 unspecified atom stereocenters. The topological polar surface area (TPSA) is 144 Å². The number of sulfonamides is 1. The number of fused-ring (bicyclic) bond motifs is 1. The minimum Gasteiger partial charge on any atom is -0.548 e. The Kier molecular flexibility index (Phi) is 6.91. The van der Waals surface area contributed by atoms with Gasteiger partial charge in [0.25, 0.3) is 15.9 Å².